The molecule has 0 N–H and O–H groups in total. The van der Waals surface area contributed by atoms with Crippen molar-refractivity contribution in [3.05, 3.63) is 112 Å². The van der Waals surface area contributed by atoms with Crippen molar-refractivity contribution in [2.45, 2.75) is 32.9 Å². The minimum Gasteiger partial charge on any atom is -0.459 e. The number of furan rings is 1. The summed E-state index contributed by atoms with van der Waals surface area (Å²) in [5.41, 5.74) is 1.68. The largest absolute Gasteiger partial charge is 0.459 e. The standard InChI is InChI=1S/C28H21Cl3N2O4S/c1-14(2)36-27(35)24-15(3)32-28-33(25(24)19-6-4-5-7-20(19)30)26(34)23(38-28)13-17-9-11-22(37-17)18-10-8-16(29)12-21(18)31/h4-14,25H,1-3H3. The molecule has 0 aliphatic carbocycles. The molecule has 1 unspecified atom stereocenters. The minimum absolute atomic E-state index is 0.267. The van der Waals surface area contributed by atoms with E-state index < -0.39 is 12.0 Å². The molecular formula is C28H21Cl3N2O4S. The van der Waals surface area contributed by atoms with Crippen LogP contribution in [0, 0.1) is 0 Å². The monoisotopic (exact) mass is 586 g/mol. The first-order valence-electron chi connectivity index (χ1n) is 11.7. The van der Waals surface area contributed by atoms with Gasteiger partial charge in [0.1, 0.15) is 17.6 Å². The molecule has 0 spiro atoms. The van der Waals surface area contributed by atoms with Crippen LogP contribution in [0.1, 0.15) is 38.1 Å². The molecule has 0 saturated heterocycles. The van der Waals surface area contributed by atoms with Crippen molar-refractivity contribution in [1.82, 2.24) is 4.57 Å². The Kier molecular flexibility index (Phi) is 7.38. The molecule has 6 nitrogen and oxygen atoms in total. The number of allylic oxidation sites excluding steroid dienone is 1. The van der Waals surface area contributed by atoms with Crippen LogP contribution in [0.25, 0.3) is 17.4 Å². The van der Waals surface area contributed by atoms with Gasteiger partial charge in [0.25, 0.3) is 5.56 Å². The second-order valence-electron chi connectivity index (χ2n) is 8.88. The summed E-state index contributed by atoms with van der Waals surface area (Å²) in [5, 5.41) is 1.40. The van der Waals surface area contributed by atoms with E-state index in [4.69, 9.17) is 44.0 Å². The highest BCUT2D eigenvalue weighted by Crippen LogP contribution is 2.35. The molecule has 3 heterocycles. The van der Waals surface area contributed by atoms with Gasteiger partial charge in [-0.2, -0.15) is 0 Å². The van der Waals surface area contributed by atoms with E-state index in [1.54, 1.807) is 75.4 Å². The number of aromatic nitrogens is 1. The van der Waals surface area contributed by atoms with Gasteiger partial charge in [-0.15, -0.1) is 0 Å². The van der Waals surface area contributed by atoms with Gasteiger partial charge in [0, 0.05) is 21.7 Å². The van der Waals surface area contributed by atoms with Crippen LogP contribution in [0.2, 0.25) is 15.1 Å². The molecule has 38 heavy (non-hydrogen) atoms. The molecule has 0 amide bonds. The lowest BCUT2D eigenvalue weighted by Crippen LogP contribution is -2.40. The Morgan fingerprint density at radius 2 is 1.87 bits per heavy atom. The van der Waals surface area contributed by atoms with E-state index in [1.807, 2.05) is 6.07 Å². The average Bonchev–Trinajstić information content (AvgIpc) is 3.42. The summed E-state index contributed by atoms with van der Waals surface area (Å²) in [6.45, 7) is 5.26. The van der Waals surface area contributed by atoms with Gasteiger partial charge in [-0.1, -0.05) is 64.3 Å². The minimum atomic E-state index is -0.798. The maximum absolute atomic E-state index is 13.8. The van der Waals surface area contributed by atoms with Gasteiger partial charge >= 0.3 is 5.97 Å². The van der Waals surface area contributed by atoms with Gasteiger partial charge in [0.15, 0.2) is 4.80 Å². The fourth-order valence-electron chi connectivity index (χ4n) is 4.25. The zero-order valence-electron chi connectivity index (χ0n) is 20.5. The van der Waals surface area contributed by atoms with Crippen LogP contribution in [0.5, 0.6) is 0 Å². The van der Waals surface area contributed by atoms with Crippen LogP contribution in [-0.4, -0.2) is 16.6 Å². The lowest BCUT2D eigenvalue weighted by molar-refractivity contribution is -0.143. The van der Waals surface area contributed by atoms with Gasteiger partial charge in [0.05, 0.1) is 26.9 Å². The number of ether oxygens (including phenoxy) is 1. The predicted octanol–water partition coefficient (Wildman–Crippen LogP) is 6.41. The third kappa shape index (κ3) is 4.99. The van der Waals surface area contributed by atoms with Crippen molar-refractivity contribution in [2.75, 3.05) is 0 Å². The number of esters is 1. The van der Waals surface area contributed by atoms with Gasteiger partial charge in [-0.05, 0) is 62.7 Å². The molecule has 10 heteroatoms. The molecule has 4 aromatic rings. The molecular weight excluding hydrogens is 567 g/mol. The smallest absolute Gasteiger partial charge is 0.338 e. The fraction of sp³-hybridized carbons (Fsp3) is 0.179. The molecule has 0 fully saturated rings. The van der Waals surface area contributed by atoms with Crippen molar-refractivity contribution in [2.24, 2.45) is 4.99 Å². The number of rotatable bonds is 5. The number of hydrogen-bond donors (Lipinski definition) is 0. The summed E-state index contributed by atoms with van der Waals surface area (Å²) in [4.78, 5) is 32.0. The Morgan fingerprint density at radius 1 is 1.11 bits per heavy atom. The summed E-state index contributed by atoms with van der Waals surface area (Å²) in [5.74, 6) is 0.450. The Morgan fingerprint density at radius 3 is 2.58 bits per heavy atom. The van der Waals surface area contributed by atoms with E-state index in [1.165, 1.54) is 15.9 Å². The van der Waals surface area contributed by atoms with Crippen molar-refractivity contribution < 1.29 is 13.9 Å². The quantitative estimate of drug-likeness (QED) is 0.253. The number of thiazole rings is 1. The van der Waals surface area contributed by atoms with Gasteiger partial charge < -0.3 is 9.15 Å². The molecule has 0 saturated carbocycles. The molecule has 0 bridgehead atoms. The second kappa shape index (κ2) is 10.6. The Balaban J connectivity index is 1.65. The number of halogens is 3. The molecule has 5 rings (SSSR count). The Hall–Kier alpha value is -3.10. The summed E-state index contributed by atoms with van der Waals surface area (Å²) in [6.07, 6.45) is 1.30. The van der Waals surface area contributed by atoms with E-state index in [0.717, 1.165) is 0 Å². The molecule has 1 aliphatic rings. The lowest BCUT2D eigenvalue weighted by Gasteiger charge is -2.26. The maximum atomic E-state index is 13.8. The Bertz CT molecular complexity index is 1780. The molecule has 2 aromatic heterocycles. The van der Waals surface area contributed by atoms with Crippen LogP contribution < -0.4 is 14.9 Å². The molecule has 1 atom stereocenters. The number of hydrogen-bond acceptors (Lipinski definition) is 6. The van der Waals surface area contributed by atoms with Crippen LogP contribution in [-0.2, 0) is 9.53 Å². The number of carbonyl (C=O) groups excluding carboxylic acids is 1. The molecule has 1 aliphatic heterocycles. The van der Waals surface area contributed by atoms with Crippen LogP contribution in [0.3, 0.4) is 0 Å². The molecule has 0 radical (unpaired) electrons. The third-order valence-corrected chi connectivity index (χ3v) is 7.76. The topological polar surface area (TPSA) is 73.8 Å². The van der Waals surface area contributed by atoms with E-state index >= 15 is 0 Å². The van der Waals surface area contributed by atoms with Gasteiger partial charge in [0.2, 0.25) is 0 Å². The highest BCUT2D eigenvalue weighted by molar-refractivity contribution is 7.07. The highest BCUT2D eigenvalue weighted by Gasteiger charge is 2.34. The fourth-order valence-corrected chi connectivity index (χ4v) is 6.01. The van der Waals surface area contributed by atoms with Crippen molar-refractivity contribution >= 4 is 58.2 Å². The van der Waals surface area contributed by atoms with Crippen molar-refractivity contribution in [1.29, 1.82) is 0 Å². The summed E-state index contributed by atoms with van der Waals surface area (Å²) >= 11 is 20.1. The van der Waals surface area contributed by atoms with Crippen LogP contribution in [0.4, 0.5) is 0 Å². The zero-order valence-corrected chi connectivity index (χ0v) is 23.6. The van der Waals surface area contributed by atoms with Crippen LogP contribution in [0.15, 0.2) is 80.1 Å². The van der Waals surface area contributed by atoms with Gasteiger partial charge in [-0.3, -0.25) is 9.36 Å². The lowest BCUT2D eigenvalue weighted by atomic mass is 9.96. The average molecular weight is 588 g/mol. The second-order valence-corrected chi connectivity index (χ2v) is 11.1. The van der Waals surface area contributed by atoms with E-state index in [2.05, 4.69) is 4.99 Å². The maximum Gasteiger partial charge on any atom is 0.338 e. The first-order chi connectivity index (χ1) is 18.1. The first kappa shape index (κ1) is 26.5. The zero-order chi connectivity index (χ0) is 27.1. The number of nitrogens with zero attached hydrogens (tertiary/aromatic N) is 2. The van der Waals surface area contributed by atoms with E-state index in [9.17, 15) is 9.59 Å². The first-order valence-corrected chi connectivity index (χ1v) is 13.6. The molecule has 2 aromatic carbocycles. The highest BCUT2D eigenvalue weighted by atomic mass is 35.5. The van der Waals surface area contributed by atoms with Crippen LogP contribution >= 0.6 is 46.1 Å². The van der Waals surface area contributed by atoms with Gasteiger partial charge in [-0.25, -0.2) is 9.79 Å². The normalized spacial score (nSPS) is 15.6. The van der Waals surface area contributed by atoms with Crippen molar-refractivity contribution in [3.63, 3.8) is 0 Å². The third-order valence-electron chi connectivity index (χ3n) is 5.88. The van der Waals surface area contributed by atoms with E-state index in [-0.39, 0.29) is 17.2 Å². The summed E-state index contributed by atoms with van der Waals surface area (Å²) in [7, 11) is 0. The number of fused-ring (bicyclic) bond motifs is 1. The van der Waals surface area contributed by atoms with E-state index in [0.29, 0.717) is 52.7 Å². The number of carbonyl (C=O) groups is 1. The number of benzene rings is 2. The Labute approximate surface area is 237 Å². The SMILES string of the molecule is CC1=C(C(=O)OC(C)C)C(c2ccccc2Cl)n2c(sc(=Cc3ccc(-c4ccc(Cl)cc4Cl)o3)c2=O)=N1. The molecule has 194 valence electrons. The van der Waals surface area contributed by atoms with Crippen molar-refractivity contribution in [3.8, 4) is 11.3 Å². The predicted molar refractivity (Wildman–Crippen MR) is 151 cm³/mol. The summed E-state index contributed by atoms with van der Waals surface area (Å²) < 4.78 is 13.4. The summed E-state index contributed by atoms with van der Waals surface area (Å²) in [6, 6.07) is 15.0.